The maximum atomic E-state index is 13.7. The first-order valence-corrected chi connectivity index (χ1v) is 6.06. The lowest BCUT2D eigenvalue weighted by molar-refractivity contribution is 0.0780. The smallest absolute Gasteiger partial charge is 0.256 e. The predicted molar refractivity (Wildman–Crippen MR) is 74.7 cm³/mol. The molecule has 0 aliphatic rings. The van der Waals surface area contributed by atoms with E-state index in [1.165, 1.54) is 17.0 Å². The van der Waals surface area contributed by atoms with E-state index < -0.39 is 11.7 Å². The third-order valence-corrected chi connectivity index (χ3v) is 2.90. The lowest BCUT2D eigenvalue weighted by Gasteiger charge is -2.18. The quantitative estimate of drug-likeness (QED) is 0.844. The van der Waals surface area contributed by atoms with E-state index in [-0.39, 0.29) is 23.5 Å². The fourth-order valence-corrected chi connectivity index (χ4v) is 1.91. The number of phenolic OH excluding ortho intramolecular Hbond substituents is 1. The summed E-state index contributed by atoms with van der Waals surface area (Å²) in [5.41, 5.74) is 6.46. The van der Waals surface area contributed by atoms with Gasteiger partial charge in [-0.1, -0.05) is 12.1 Å². The van der Waals surface area contributed by atoms with E-state index in [4.69, 9.17) is 5.73 Å². The molecule has 2 aromatic carbocycles. The molecule has 0 saturated heterocycles. The molecule has 104 valence electrons. The van der Waals surface area contributed by atoms with Crippen LogP contribution in [-0.2, 0) is 6.54 Å². The molecule has 0 bridgehead atoms. The monoisotopic (exact) mass is 274 g/mol. The average molecular weight is 274 g/mol. The van der Waals surface area contributed by atoms with Gasteiger partial charge in [0.05, 0.1) is 5.56 Å². The molecule has 0 heterocycles. The zero-order valence-electron chi connectivity index (χ0n) is 11.0. The van der Waals surface area contributed by atoms with Crippen molar-refractivity contribution in [1.29, 1.82) is 0 Å². The van der Waals surface area contributed by atoms with Gasteiger partial charge in [0.1, 0.15) is 11.6 Å². The Morgan fingerprint density at radius 1 is 1.30 bits per heavy atom. The number of nitrogen functional groups attached to an aromatic ring is 1. The highest BCUT2D eigenvalue weighted by Gasteiger charge is 2.16. The molecule has 0 saturated carbocycles. The largest absolute Gasteiger partial charge is 0.508 e. The van der Waals surface area contributed by atoms with Crippen molar-refractivity contribution in [2.75, 3.05) is 12.8 Å². The Bertz CT molecular complexity index is 644. The van der Waals surface area contributed by atoms with E-state index in [9.17, 15) is 14.3 Å². The van der Waals surface area contributed by atoms with Crippen LogP contribution in [0.1, 0.15) is 15.9 Å². The molecule has 0 unspecified atom stereocenters. The van der Waals surface area contributed by atoms with Crippen molar-refractivity contribution in [2.24, 2.45) is 0 Å². The summed E-state index contributed by atoms with van der Waals surface area (Å²) in [6.07, 6.45) is 0. The first kappa shape index (κ1) is 13.9. The highest BCUT2D eigenvalue weighted by atomic mass is 19.1. The van der Waals surface area contributed by atoms with Gasteiger partial charge in [0, 0.05) is 19.3 Å². The van der Waals surface area contributed by atoms with Crippen molar-refractivity contribution < 1.29 is 14.3 Å². The van der Waals surface area contributed by atoms with Crippen LogP contribution in [0.3, 0.4) is 0 Å². The number of hydrogen-bond acceptors (Lipinski definition) is 3. The van der Waals surface area contributed by atoms with Crippen LogP contribution in [0.2, 0.25) is 0 Å². The number of nitrogens with two attached hydrogens (primary N) is 1. The number of anilines is 1. The minimum atomic E-state index is -0.641. The summed E-state index contributed by atoms with van der Waals surface area (Å²) in [5, 5.41) is 9.38. The number of benzene rings is 2. The normalized spacial score (nSPS) is 10.3. The first-order chi connectivity index (χ1) is 9.47. The maximum absolute atomic E-state index is 13.7. The van der Waals surface area contributed by atoms with Crippen LogP contribution in [0.15, 0.2) is 42.5 Å². The molecular formula is C15H15FN2O2. The number of hydrogen-bond donors (Lipinski definition) is 2. The molecule has 4 nitrogen and oxygen atoms in total. The zero-order valence-corrected chi connectivity index (χ0v) is 11.0. The second-order valence-electron chi connectivity index (χ2n) is 4.57. The number of halogens is 1. The number of nitrogens with zero attached hydrogens (tertiary/aromatic N) is 1. The summed E-state index contributed by atoms with van der Waals surface area (Å²) in [7, 11) is 1.57. The van der Waals surface area contributed by atoms with E-state index in [0.29, 0.717) is 0 Å². The van der Waals surface area contributed by atoms with Gasteiger partial charge in [-0.2, -0.15) is 0 Å². The Kier molecular flexibility index (Phi) is 3.89. The number of carbonyl (C=O) groups excluding carboxylic acids is 1. The molecule has 20 heavy (non-hydrogen) atoms. The van der Waals surface area contributed by atoms with Gasteiger partial charge in [-0.05, 0) is 35.9 Å². The van der Waals surface area contributed by atoms with E-state index in [1.807, 2.05) is 0 Å². The van der Waals surface area contributed by atoms with Gasteiger partial charge in [-0.15, -0.1) is 0 Å². The summed E-state index contributed by atoms with van der Waals surface area (Å²) in [6.45, 7) is 0.275. The maximum Gasteiger partial charge on any atom is 0.256 e. The van der Waals surface area contributed by atoms with Crippen molar-refractivity contribution in [3.05, 3.63) is 59.4 Å². The number of amides is 1. The molecule has 0 spiro atoms. The van der Waals surface area contributed by atoms with Gasteiger partial charge < -0.3 is 15.7 Å². The number of aromatic hydroxyl groups is 1. The van der Waals surface area contributed by atoms with Crippen LogP contribution >= 0.6 is 0 Å². The standard InChI is InChI=1S/C15H15FN2O2/c1-18(9-10-3-2-4-12(19)7-10)15(20)13-6-5-11(17)8-14(13)16/h2-8,19H,9,17H2,1H3. The van der Waals surface area contributed by atoms with E-state index in [2.05, 4.69) is 0 Å². The van der Waals surface area contributed by atoms with Crippen molar-refractivity contribution >= 4 is 11.6 Å². The molecule has 3 N–H and O–H groups in total. The van der Waals surface area contributed by atoms with Crippen molar-refractivity contribution in [3.63, 3.8) is 0 Å². The molecule has 2 aromatic rings. The van der Waals surface area contributed by atoms with E-state index >= 15 is 0 Å². The molecule has 0 aliphatic carbocycles. The van der Waals surface area contributed by atoms with Crippen LogP contribution in [-0.4, -0.2) is 23.0 Å². The van der Waals surface area contributed by atoms with Crippen molar-refractivity contribution in [1.82, 2.24) is 4.90 Å². The third kappa shape index (κ3) is 3.06. The highest BCUT2D eigenvalue weighted by molar-refractivity contribution is 5.94. The number of rotatable bonds is 3. The minimum absolute atomic E-state index is 0.0261. The molecule has 1 amide bonds. The summed E-state index contributed by atoms with van der Waals surface area (Å²) in [5.74, 6) is -0.953. The molecular weight excluding hydrogens is 259 g/mol. The predicted octanol–water partition coefficient (Wildman–Crippen LogP) is 2.39. The van der Waals surface area contributed by atoms with Crippen LogP contribution in [0.25, 0.3) is 0 Å². The first-order valence-electron chi connectivity index (χ1n) is 6.06. The SMILES string of the molecule is CN(Cc1cccc(O)c1)C(=O)c1ccc(N)cc1F. The number of phenols is 1. The Balaban J connectivity index is 2.16. The fourth-order valence-electron chi connectivity index (χ4n) is 1.91. The van der Waals surface area contributed by atoms with Gasteiger partial charge in [-0.25, -0.2) is 4.39 Å². The Hall–Kier alpha value is -2.56. The van der Waals surface area contributed by atoms with Gasteiger partial charge in [0.25, 0.3) is 5.91 Å². The van der Waals surface area contributed by atoms with Crippen LogP contribution in [0.5, 0.6) is 5.75 Å². The van der Waals surface area contributed by atoms with Gasteiger partial charge >= 0.3 is 0 Å². The summed E-state index contributed by atoms with van der Waals surface area (Å²) in [4.78, 5) is 13.5. The fraction of sp³-hybridized carbons (Fsp3) is 0.133. The van der Waals surface area contributed by atoms with Gasteiger partial charge in [-0.3, -0.25) is 4.79 Å². The summed E-state index contributed by atoms with van der Waals surface area (Å²) in [6, 6.07) is 10.5. The van der Waals surface area contributed by atoms with Crippen LogP contribution in [0, 0.1) is 5.82 Å². The molecule has 0 aliphatic heterocycles. The minimum Gasteiger partial charge on any atom is -0.508 e. The Labute approximate surface area is 116 Å². The molecule has 0 fully saturated rings. The van der Waals surface area contributed by atoms with E-state index in [1.54, 1.807) is 31.3 Å². The molecule has 0 atom stereocenters. The highest BCUT2D eigenvalue weighted by Crippen LogP contribution is 2.16. The molecule has 0 aromatic heterocycles. The second-order valence-corrected chi connectivity index (χ2v) is 4.57. The van der Waals surface area contributed by atoms with Crippen LogP contribution in [0.4, 0.5) is 10.1 Å². The van der Waals surface area contributed by atoms with Crippen molar-refractivity contribution in [2.45, 2.75) is 6.54 Å². The second kappa shape index (κ2) is 5.61. The molecule has 2 rings (SSSR count). The lowest BCUT2D eigenvalue weighted by Crippen LogP contribution is -2.27. The number of carbonyl (C=O) groups is 1. The Morgan fingerprint density at radius 2 is 2.05 bits per heavy atom. The zero-order chi connectivity index (χ0) is 14.7. The third-order valence-electron chi connectivity index (χ3n) is 2.90. The summed E-state index contributed by atoms with van der Waals surface area (Å²) < 4.78 is 13.7. The van der Waals surface area contributed by atoms with Crippen LogP contribution < -0.4 is 5.73 Å². The topological polar surface area (TPSA) is 66.6 Å². The van der Waals surface area contributed by atoms with Gasteiger partial charge in [0.2, 0.25) is 0 Å². The average Bonchev–Trinajstić information content (AvgIpc) is 2.38. The van der Waals surface area contributed by atoms with E-state index in [0.717, 1.165) is 11.6 Å². The molecule has 5 heteroatoms. The Morgan fingerprint density at radius 3 is 2.70 bits per heavy atom. The van der Waals surface area contributed by atoms with Crippen molar-refractivity contribution in [3.8, 4) is 5.75 Å². The summed E-state index contributed by atoms with van der Waals surface area (Å²) >= 11 is 0. The molecule has 0 radical (unpaired) electrons. The van der Waals surface area contributed by atoms with Gasteiger partial charge in [0.15, 0.2) is 0 Å². The lowest BCUT2D eigenvalue weighted by atomic mass is 10.1.